The van der Waals surface area contributed by atoms with Gasteiger partial charge in [-0.25, -0.2) is 21.7 Å². The third-order valence-corrected chi connectivity index (χ3v) is 1.39. The van der Waals surface area contributed by atoms with E-state index >= 15 is 0 Å². The Morgan fingerprint density at radius 2 is 1.50 bits per heavy atom. The molecule has 0 saturated carbocycles. The summed E-state index contributed by atoms with van der Waals surface area (Å²) in [6, 6.07) is 1.17. The van der Waals surface area contributed by atoms with Crippen molar-refractivity contribution in [2.75, 3.05) is 0 Å². The molecule has 0 spiro atoms. The smallest absolute Gasteiger partial charge is 0.283 e. The molecular formula is C6H8N6O2. The summed E-state index contributed by atoms with van der Waals surface area (Å²) in [6.07, 6.45) is 1.06. The summed E-state index contributed by atoms with van der Waals surface area (Å²) < 4.78 is 0. The summed E-state index contributed by atoms with van der Waals surface area (Å²) in [6.45, 7) is 0. The third kappa shape index (κ3) is 2.00. The molecular weight excluding hydrogens is 188 g/mol. The number of nitrogens with one attached hydrogen (secondary N) is 2. The third-order valence-electron chi connectivity index (χ3n) is 1.39. The lowest BCUT2D eigenvalue weighted by atomic mass is 10.3. The highest BCUT2D eigenvalue weighted by atomic mass is 16.2. The second-order valence-corrected chi connectivity index (χ2v) is 2.24. The van der Waals surface area contributed by atoms with E-state index in [2.05, 4.69) is 9.97 Å². The van der Waals surface area contributed by atoms with Gasteiger partial charge in [0.05, 0.1) is 0 Å². The van der Waals surface area contributed by atoms with Gasteiger partial charge >= 0.3 is 0 Å². The Balaban J connectivity index is 3.01. The van der Waals surface area contributed by atoms with E-state index < -0.39 is 11.8 Å². The first-order valence-electron chi connectivity index (χ1n) is 3.53. The van der Waals surface area contributed by atoms with Crippen LogP contribution in [0.1, 0.15) is 21.0 Å². The molecule has 2 amide bonds. The molecule has 8 nitrogen and oxygen atoms in total. The number of hydrogen-bond acceptors (Lipinski definition) is 6. The van der Waals surface area contributed by atoms with Crippen LogP contribution >= 0.6 is 0 Å². The van der Waals surface area contributed by atoms with Crippen LogP contribution in [0.25, 0.3) is 0 Å². The van der Waals surface area contributed by atoms with E-state index in [0.717, 1.165) is 6.33 Å². The van der Waals surface area contributed by atoms with Crippen molar-refractivity contribution in [3.63, 3.8) is 0 Å². The lowest BCUT2D eigenvalue weighted by molar-refractivity contribution is 0.0947. The molecule has 0 atom stereocenters. The standard InChI is InChI=1S/C6H8N6O2/c7-11-5(13)3-1-4(6(14)12-8)10-2-9-3/h1-2H,7-8H2,(H,11,13)(H,12,14). The number of nitrogens with zero attached hydrogens (tertiary/aromatic N) is 2. The van der Waals surface area contributed by atoms with Crippen LogP contribution in [0.2, 0.25) is 0 Å². The van der Waals surface area contributed by atoms with Gasteiger partial charge in [-0.15, -0.1) is 0 Å². The van der Waals surface area contributed by atoms with Crippen LogP contribution in [0, 0.1) is 0 Å². The van der Waals surface area contributed by atoms with Gasteiger partial charge in [0.1, 0.15) is 17.7 Å². The van der Waals surface area contributed by atoms with Gasteiger partial charge in [-0.1, -0.05) is 0 Å². The molecule has 1 heterocycles. The van der Waals surface area contributed by atoms with Gasteiger partial charge in [0, 0.05) is 6.07 Å². The zero-order valence-corrected chi connectivity index (χ0v) is 7.02. The highest BCUT2D eigenvalue weighted by Gasteiger charge is 2.10. The van der Waals surface area contributed by atoms with Crippen molar-refractivity contribution in [3.8, 4) is 0 Å². The molecule has 0 unspecified atom stereocenters. The topological polar surface area (TPSA) is 136 Å². The molecule has 1 rings (SSSR count). The molecule has 1 aromatic rings. The van der Waals surface area contributed by atoms with Crippen molar-refractivity contribution in [1.82, 2.24) is 20.8 Å². The first kappa shape index (κ1) is 10.0. The first-order chi connectivity index (χ1) is 6.69. The van der Waals surface area contributed by atoms with Crippen molar-refractivity contribution < 1.29 is 9.59 Å². The SMILES string of the molecule is NNC(=O)c1cc(C(=O)NN)ncn1. The summed E-state index contributed by atoms with van der Waals surface area (Å²) in [5.74, 6) is 8.53. The fraction of sp³-hybridized carbons (Fsp3) is 0. The summed E-state index contributed by atoms with van der Waals surface area (Å²) in [5.41, 5.74) is 3.72. The Morgan fingerprint density at radius 3 is 1.86 bits per heavy atom. The monoisotopic (exact) mass is 196 g/mol. The quantitative estimate of drug-likeness (QED) is 0.238. The normalized spacial score (nSPS) is 9.29. The number of nitrogen functional groups attached to an aromatic ring is 2. The average Bonchev–Trinajstić information content (AvgIpc) is 2.27. The van der Waals surface area contributed by atoms with E-state index in [4.69, 9.17) is 11.7 Å². The molecule has 0 fully saturated rings. The van der Waals surface area contributed by atoms with Crippen LogP contribution in [0.5, 0.6) is 0 Å². The van der Waals surface area contributed by atoms with Crippen LogP contribution in [-0.2, 0) is 0 Å². The van der Waals surface area contributed by atoms with E-state index in [0.29, 0.717) is 0 Å². The Morgan fingerprint density at radius 1 is 1.07 bits per heavy atom. The zero-order valence-electron chi connectivity index (χ0n) is 7.02. The maximum atomic E-state index is 11.0. The maximum absolute atomic E-state index is 11.0. The van der Waals surface area contributed by atoms with E-state index in [-0.39, 0.29) is 11.4 Å². The van der Waals surface area contributed by atoms with Crippen molar-refractivity contribution in [2.45, 2.75) is 0 Å². The van der Waals surface area contributed by atoms with Gasteiger partial charge in [-0.3, -0.25) is 20.4 Å². The van der Waals surface area contributed by atoms with Crippen LogP contribution in [0.15, 0.2) is 12.4 Å². The predicted molar refractivity (Wildman–Crippen MR) is 45.3 cm³/mol. The number of carbonyl (C=O) groups is 2. The van der Waals surface area contributed by atoms with Crippen LogP contribution in [0.3, 0.4) is 0 Å². The lowest BCUT2D eigenvalue weighted by Crippen LogP contribution is -2.33. The van der Waals surface area contributed by atoms with Gasteiger partial charge in [-0.05, 0) is 0 Å². The number of aromatic nitrogens is 2. The first-order valence-corrected chi connectivity index (χ1v) is 3.53. The molecule has 6 N–H and O–H groups in total. The molecule has 1 aromatic heterocycles. The minimum absolute atomic E-state index is 0.0129. The summed E-state index contributed by atoms with van der Waals surface area (Å²) in [5, 5.41) is 0. The Kier molecular flexibility index (Phi) is 3.05. The highest BCUT2D eigenvalue weighted by molar-refractivity contribution is 5.96. The van der Waals surface area contributed by atoms with Crippen molar-refractivity contribution >= 4 is 11.8 Å². The largest absolute Gasteiger partial charge is 0.289 e. The number of amides is 2. The second kappa shape index (κ2) is 4.25. The maximum Gasteiger partial charge on any atom is 0.283 e. The van der Waals surface area contributed by atoms with Crippen molar-refractivity contribution in [3.05, 3.63) is 23.8 Å². The summed E-state index contributed by atoms with van der Waals surface area (Å²) >= 11 is 0. The Bertz CT molecular complexity index is 334. The fourth-order valence-corrected chi connectivity index (χ4v) is 0.754. The predicted octanol–water partition coefficient (Wildman–Crippen LogP) is -2.32. The molecule has 0 saturated heterocycles. The van der Waals surface area contributed by atoms with E-state index in [1.807, 2.05) is 10.9 Å². The molecule has 0 aliphatic rings. The number of hydrazine groups is 2. The van der Waals surface area contributed by atoms with E-state index in [9.17, 15) is 9.59 Å². The number of rotatable bonds is 2. The van der Waals surface area contributed by atoms with E-state index in [1.54, 1.807) is 0 Å². The number of nitrogens with two attached hydrogens (primary N) is 2. The summed E-state index contributed by atoms with van der Waals surface area (Å²) in [7, 11) is 0. The van der Waals surface area contributed by atoms with E-state index in [1.165, 1.54) is 6.07 Å². The van der Waals surface area contributed by atoms with Gasteiger partial charge in [0.15, 0.2) is 0 Å². The molecule has 0 aliphatic carbocycles. The zero-order chi connectivity index (χ0) is 10.6. The van der Waals surface area contributed by atoms with Crippen LogP contribution in [-0.4, -0.2) is 21.8 Å². The van der Waals surface area contributed by atoms with Gasteiger partial charge in [0.25, 0.3) is 11.8 Å². The molecule has 14 heavy (non-hydrogen) atoms. The van der Waals surface area contributed by atoms with Gasteiger partial charge in [0.2, 0.25) is 0 Å². The summed E-state index contributed by atoms with van der Waals surface area (Å²) in [4.78, 5) is 29.2. The minimum atomic E-state index is -0.613. The molecule has 0 aliphatic heterocycles. The van der Waals surface area contributed by atoms with Crippen molar-refractivity contribution in [2.24, 2.45) is 11.7 Å². The number of carbonyl (C=O) groups excluding carboxylic acids is 2. The minimum Gasteiger partial charge on any atom is -0.289 e. The molecule has 0 aromatic carbocycles. The molecule has 0 bridgehead atoms. The van der Waals surface area contributed by atoms with Crippen LogP contribution in [0.4, 0.5) is 0 Å². The second-order valence-electron chi connectivity index (χ2n) is 2.24. The molecule has 0 radical (unpaired) electrons. The Labute approximate surface area is 78.6 Å². The Hall–Kier alpha value is -2.06. The highest BCUT2D eigenvalue weighted by Crippen LogP contribution is 1.97. The van der Waals surface area contributed by atoms with Crippen molar-refractivity contribution in [1.29, 1.82) is 0 Å². The molecule has 74 valence electrons. The average molecular weight is 196 g/mol. The lowest BCUT2D eigenvalue weighted by Gasteiger charge is -2.00. The molecule has 8 heteroatoms. The van der Waals surface area contributed by atoms with Crippen LogP contribution < -0.4 is 22.5 Å². The number of hydrogen-bond donors (Lipinski definition) is 4. The fourth-order valence-electron chi connectivity index (χ4n) is 0.754. The van der Waals surface area contributed by atoms with Gasteiger partial charge in [-0.2, -0.15) is 0 Å². The van der Waals surface area contributed by atoms with Gasteiger partial charge < -0.3 is 0 Å².